The minimum atomic E-state index is -5.46. The molecule has 0 bridgehead atoms. The molecule has 2 heterocycles. The number of hydrogen-bond donors (Lipinski definition) is 9. The monoisotopic (exact) mass is 821 g/mol. The van der Waals surface area contributed by atoms with Gasteiger partial charge >= 0.3 is 23.5 Å². The van der Waals surface area contributed by atoms with E-state index in [-0.39, 0.29) is 47.0 Å². The topological polar surface area (TPSA) is 337 Å². The summed E-state index contributed by atoms with van der Waals surface area (Å²) in [6.07, 6.45) is -3.03. The lowest BCUT2D eigenvalue weighted by Crippen LogP contribution is -2.46. The van der Waals surface area contributed by atoms with Crippen LogP contribution in [0.2, 0.25) is 0 Å². The molecule has 26 heteroatoms. The van der Waals surface area contributed by atoms with Crippen molar-refractivity contribution in [1.29, 1.82) is 0 Å². The zero-order valence-electron chi connectivity index (χ0n) is 29.0. The first-order valence-corrected chi connectivity index (χ1v) is 21.2. The lowest BCUT2D eigenvalue weighted by Gasteiger charge is -2.30. The Morgan fingerprint density at radius 3 is 2.33 bits per heavy atom. The molecule has 0 aromatic carbocycles. The summed E-state index contributed by atoms with van der Waals surface area (Å²) in [7, 11) is -16.1. The molecule has 0 spiro atoms. The second-order valence-corrected chi connectivity index (χ2v) is 19.7. The zero-order valence-corrected chi connectivity index (χ0v) is 32.5. The average Bonchev–Trinajstić information content (AvgIpc) is 3.56. The van der Waals surface area contributed by atoms with Crippen LogP contribution in [0.3, 0.4) is 0 Å². The Kier molecular flexibility index (Phi) is 15.0. The predicted octanol–water partition coefficient (Wildman–Crippen LogP) is 0.600. The molecule has 2 amide bonds. The number of amides is 2. The van der Waals surface area contributed by atoms with Crippen molar-refractivity contribution in [2.75, 3.05) is 37.8 Å². The molecule has 0 aliphatic heterocycles. The smallest absolute Gasteiger partial charge is 0.388 e. The number of carbonyl (C=O) groups excluding carboxylic acids is 2. The van der Waals surface area contributed by atoms with Gasteiger partial charge in [0.15, 0.2) is 11.5 Å². The van der Waals surface area contributed by atoms with Crippen molar-refractivity contribution in [2.24, 2.45) is 11.3 Å². The number of aliphatic hydroxyl groups excluding tert-OH is 2. The first-order valence-electron chi connectivity index (χ1n) is 15.7. The number of aliphatic hydroxyl groups is 2. The van der Waals surface area contributed by atoms with Crippen molar-refractivity contribution >= 4 is 64.0 Å². The first-order chi connectivity index (χ1) is 23.8. The van der Waals surface area contributed by atoms with E-state index in [0.29, 0.717) is 12.3 Å². The molecule has 52 heavy (non-hydrogen) atoms. The van der Waals surface area contributed by atoms with Crippen molar-refractivity contribution in [3.8, 4) is 0 Å². The second kappa shape index (κ2) is 17.6. The summed E-state index contributed by atoms with van der Waals surface area (Å²) in [4.78, 5) is 75.8. The van der Waals surface area contributed by atoms with Crippen LogP contribution in [0.25, 0.3) is 11.2 Å². The number of nitrogens with one attached hydrogen (secondary N) is 2. The van der Waals surface area contributed by atoms with E-state index in [0.717, 1.165) is 6.33 Å². The van der Waals surface area contributed by atoms with Crippen LogP contribution in [-0.2, 0) is 41.2 Å². The highest BCUT2D eigenvalue weighted by Crippen LogP contribution is 2.61. The summed E-state index contributed by atoms with van der Waals surface area (Å²) in [5.41, 5.74) is 4.58. The average molecular weight is 822 g/mol. The number of thioether (sulfide) groups is 1. The lowest BCUT2D eigenvalue weighted by atomic mass is 9.87. The molecule has 4 unspecified atom stereocenters. The maximum Gasteiger partial charge on any atom is 0.481 e. The fourth-order valence-electron chi connectivity index (χ4n) is 5.02. The Bertz CT molecular complexity index is 1700. The molecule has 22 nitrogen and oxygen atoms in total. The maximum absolute atomic E-state index is 12.7. The zero-order chi connectivity index (χ0) is 39.3. The minimum absolute atomic E-state index is 0.0208. The molecule has 1 aliphatic rings. The fourth-order valence-corrected chi connectivity index (χ4v) is 8.75. The Labute approximate surface area is 303 Å². The summed E-state index contributed by atoms with van der Waals surface area (Å²) in [6, 6.07) is -1.01. The van der Waals surface area contributed by atoms with E-state index in [1.165, 1.54) is 24.7 Å². The van der Waals surface area contributed by atoms with Gasteiger partial charge in [0.05, 0.1) is 25.6 Å². The molecule has 2 aromatic heterocycles. The van der Waals surface area contributed by atoms with Gasteiger partial charge in [-0.05, 0) is 6.42 Å². The van der Waals surface area contributed by atoms with Gasteiger partial charge in [0.1, 0.15) is 30.2 Å². The van der Waals surface area contributed by atoms with Gasteiger partial charge in [-0.2, -0.15) is 16.1 Å². The SMILES string of the molecule is CC(C)(C)SCCNC(=O)CCNC(=O)C(O)C(C)(C)COP(=O)(O)OP(=O)(O)OC[C@H]1C[C@@H](n2cnc3c(N)ncnc32)C(O)[C@H]1OP(=O)(O)O. The van der Waals surface area contributed by atoms with E-state index in [1.54, 1.807) is 11.8 Å². The van der Waals surface area contributed by atoms with E-state index < -0.39 is 78.3 Å². The summed E-state index contributed by atoms with van der Waals surface area (Å²) in [5.74, 6) is -1.73. The highest BCUT2D eigenvalue weighted by molar-refractivity contribution is 8.00. The largest absolute Gasteiger partial charge is 0.481 e. The number of phosphoric acid groups is 3. The Morgan fingerprint density at radius 2 is 1.69 bits per heavy atom. The molecule has 296 valence electrons. The Morgan fingerprint density at radius 1 is 1.04 bits per heavy atom. The van der Waals surface area contributed by atoms with Crippen LogP contribution in [-0.4, -0.2) is 116 Å². The highest BCUT2D eigenvalue weighted by atomic mass is 32.2. The number of phosphoric ester groups is 3. The van der Waals surface area contributed by atoms with Crippen LogP contribution in [0.15, 0.2) is 12.7 Å². The molecular formula is C26H46N7O15P3S. The highest BCUT2D eigenvalue weighted by Gasteiger charge is 2.49. The van der Waals surface area contributed by atoms with Gasteiger partial charge < -0.3 is 50.7 Å². The first kappa shape index (κ1) is 44.3. The van der Waals surface area contributed by atoms with Gasteiger partial charge in [-0.15, -0.1) is 0 Å². The number of imidazole rings is 1. The van der Waals surface area contributed by atoms with Gasteiger partial charge in [0.25, 0.3) is 0 Å². The van der Waals surface area contributed by atoms with Gasteiger partial charge in [0.2, 0.25) is 11.8 Å². The van der Waals surface area contributed by atoms with Gasteiger partial charge in [-0.3, -0.25) is 23.2 Å². The van der Waals surface area contributed by atoms with Gasteiger partial charge in [-0.25, -0.2) is 28.6 Å². The molecule has 1 aliphatic carbocycles. The molecule has 1 saturated carbocycles. The van der Waals surface area contributed by atoms with Crippen molar-refractivity contribution in [1.82, 2.24) is 30.2 Å². The number of fused-ring (bicyclic) bond motifs is 1. The molecule has 0 radical (unpaired) electrons. The molecule has 0 saturated heterocycles. The van der Waals surface area contributed by atoms with Crippen molar-refractivity contribution in [3.63, 3.8) is 0 Å². The third-order valence-electron chi connectivity index (χ3n) is 7.60. The molecule has 1 fully saturated rings. The van der Waals surface area contributed by atoms with Crippen LogP contribution >= 0.6 is 35.2 Å². The quantitative estimate of drug-likeness (QED) is 0.0692. The number of rotatable bonds is 19. The molecular weight excluding hydrogens is 775 g/mol. The molecule has 2 aromatic rings. The van der Waals surface area contributed by atoms with E-state index in [9.17, 15) is 53.1 Å². The minimum Gasteiger partial charge on any atom is -0.388 e. The van der Waals surface area contributed by atoms with E-state index in [2.05, 4.69) is 29.9 Å². The Balaban J connectivity index is 1.54. The normalized spacial score (nSPS) is 22.8. The maximum atomic E-state index is 12.7. The van der Waals surface area contributed by atoms with E-state index in [4.69, 9.17) is 19.3 Å². The molecule has 3 rings (SSSR count). The number of nitrogens with two attached hydrogens (primary N) is 1. The summed E-state index contributed by atoms with van der Waals surface area (Å²) < 4.78 is 57.2. The molecule has 7 atom stereocenters. The van der Waals surface area contributed by atoms with Crippen LogP contribution in [0.4, 0.5) is 5.82 Å². The van der Waals surface area contributed by atoms with Gasteiger partial charge in [-0.1, -0.05) is 34.6 Å². The standard InChI is InChI=1S/C26H46N7O15P3S/c1-25(2,3)52-9-8-28-17(34)6-7-29-24(37)21(36)26(4,5)12-46-51(43,44)48-50(41,42)45-11-15-10-16(19(35)20(15)47-49(38,39)40)33-14-32-18-22(27)30-13-31-23(18)33/h13-16,19-21,35-36H,6-12H2,1-5H3,(H,28,34)(H,29,37)(H,41,42)(H,43,44)(H2,27,30,31)(H2,38,39,40)/t15-,16-,19?,20+,21?/m1/s1. The van der Waals surface area contributed by atoms with Crippen LogP contribution in [0.5, 0.6) is 0 Å². The third-order valence-corrected chi connectivity index (χ3v) is 12.0. The predicted molar refractivity (Wildman–Crippen MR) is 185 cm³/mol. The number of nitrogen functional groups attached to an aromatic ring is 1. The third kappa shape index (κ3) is 13.3. The van der Waals surface area contributed by atoms with E-state index in [1.807, 2.05) is 20.8 Å². The van der Waals surface area contributed by atoms with Crippen LogP contribution in [0.1, 0.15) is 53.5 Å². The van der Waals surface area contributed by atoms with Crippen LogP contribution in [0, 0.1) is 11.3 Å². The van der Waals surface area contributed by atoms with Gasteiger partial charge in [0, 0.05) is 41.3 Å². The number of aromatic nitrogens is 4. The molecule has 10 N–H and O–H groups in total. The summed E-state index contributed by atoms with van der Waals surface area (Å²) >= 11 is 1.67. The summed E-state index contributed by atoms with van der Waals surface area (Å²) in [5, 5.41) is 26.6. The lowest BCUT2D eigenvalue weighted by molar-refractivity contribution is -0.137. The Hall–Kier alpha value is -2.07. The fraction of sp³-hybridized carbons (Fsp3) is 0.731. The number of anilines is 1. The van der Waals surface area contributed by atoms with Crippen molar-refractivity contribution in [2.45, 2.75) is 76.6 Å². The van der Waals surface area contributed by atoms with Crippen LogP contribution < -0.4 is 16.4 Å². The summed E-state index contributed by atoms with van der Waals surface area (Å²) in [6.45, 7) is 7.32. The van der Waals surface area contributed by atoms with Crippen molar-refractivity contribution in [3.05, 3.63) is 12.7 Å². The number of carbonyl (C=O) groups is 2. The van der Waals surface area contributed by atoms with E-state index >= 15 is 0 Å². The number of hydrogen-bond acceptors (Lipinski definition) is 16. The number of nitrogens with zero attached hydrogens (tertiary/aromatic N) is 4. The van der Waals surface area contributed by atoms with Crippen molar-refractivity contribution < 1.29 is 71.0 Å². The second-order valence-electron chi connectivity index (χ2n) is 13.5.